The van der Waals surface area contributed by atoms with Crippen LogP contribution in [-0.2, 0) is 21.3 Å². The molecule has 34 heavy (non-hydrogen) atoms. The fraction of sp³-hybridized carbons (Fsp3) is 0.375. The Balaban J connectivity index is 1.77. The lowest BCUT2D eigenvalue weighted by Crippen LogP contribution is -2.38. The van der Waals surface area contributed by atoms with Crippen LogP contribution in [0.3, 0.4) is 0 Å². The molecule has 2 heterocycles. The first kappa shape index (κ1) is 24.5. The molecule has 0 saturated carbocycles. The number of aryl methyl sites for hydroxylation is 1. The third-order valence-corrected chi connectivity index (χ3v) is 8.16. The average Bonchev–Trinajstić information content (AvgIpc) is 3.33. The summed E-state index contributed by atoms with van der Waals surface area (Å²) < 4.78 is 45.1. The van der Waals surface area contributed by atoms with Crippen molar-refractivity contribution in [2.75, 3.05) is 27.4 Å². The molecule has 0 aliphatic carbocycles. The number of pyridine rings is 1. The normalized spacial score (nSPS) is 16.3. The second-order valence-electron chi connectivity index (χ2n) is 8.26. The molecule has 1 fully saturated rings. The van der Waals surface area contributed by atoms with Crippen molar-refractivity contribution in [1.29, 1.82) is 0 Å². The topological polar surface area (TPSA) is 97.9 Å². The number of hydrogen-bond acceptors (Lipinski definition) is 6. The van der Waals surface area contributed by atoms with E-state index in [0.29, 0.717) is 45.2 Å². The van der Waals surface area contributed by atoms with Gasteiger partial charge in [0.2, 0.25) is 10.0 Å². The summed E-state index contributed by atoms with van der Waals surface area (Å²) in [6.45, 7) is 2.33. The minimum atomic E-state index is -3.96. The Labute approximate surface area is 203 Å². The predicted molar refractivity (Wildman–Crippen MR) is 130 cm³/mol. The van der Waals surface area contributed by atoms with Gasteiger partial charge in [0.05, 0.1) is 30.7 Å². The summed E-state index contributed by atoms with van der Waals surface area (Å²) in [5, 5.41) is 1.02. The minimum Gasteiger partial charge on any atom is -0.493 e. The Hall–Kier alpha value is -2.59. The van der Waals surface area contributed by atoms with Crippen molar-refractivity contribution in [1.82, 2.24) is 9.29 Å². The highest BCUT2D eigenvalue weighted by molar-refractivity contribution is 7.89. The molecule has 1 saturated heterocycles. The number of aromatic nitrogens is 1. The van der Waals surface area contributed by atoms with Crippen LogP contribution in [0.4, 0.5) is 0 Å². The van der Waals surface area contributed by atoms with Gasteiger partial charge < -0.3 is 19.2 Å². The van der Waals surface area contributed by atoms with E-state index in [1.54, 1.807) is 37.3 Å². The van der Waals surface area contributed by atoms with E-state index in [1.807, 2.05) is 0 Å². The third kappa shape index (κ3) is 4.93. The number of nitrogens with zero attached hydrogens (tertiary/aromatic N) is 1. The number of rotatable bonds is 8. The zero-order valence-corrected chi connectivity index (χ0v) is 20.8. The van der Waals surface area contributed by atoms with Gasteiger partial charge in [-0.25, -0.2) is 8.42 Å². The van der Waals surface area contributed by atoms with Crippen molar-refractivity contribution in [3.63, 3.8) is 0 Å². The lowest BCUT2D eigenvalue weighted by molar-refractivity contribution is 0.0925. The van der Waals surface area contributed by atoms with Crippen molar-refractivity contribution in [3.8, 4) is 11.5 Å². The van der Waals surface area contributed by atoms with Gasteiger partial charge in [0.1, 0.15) is 0 Å². The number of aromatic amines is 1. The lowest BCUT2D eigenvalue weighted by atomic mass is 10.1. The Bertz CT molecular complexity index is 1370. The van der Waals surface area contributed by atoms with Crippen LogP contribution in [0, 0.1) is 6.92 Å². The number of fused-ring (bicyclic) bond motifs is 1. The molecule has 10 heteroatoms. The number of sulfonamides is 1. The highest BCUT2D eigenvalue weighted by Gasteiger charge is 2.31. The number of halogens is 1. The molecule has 1 aliphatic heterocycles. The summed E-state index contributed by atoms with van der Waals surface area (Å²) in [7, 11) is -0.919. The van der Waals surface area contributed by atoms with Crippen molar-refractivity contribution in [2.24, 2.45) is 0 Å². The fourth-order valence-corrected chi connectivity index (χ4v) is 6.08. The van der Waals surface area contributed by atoms with Gasteiger partial charge in [0.15, 0.2) is 11.5 Å². The number of benzene rings is 2. The summed E-state index contributed by atoms with van der Waals surface area (Å²) in [5.41, 5.74) is 1.06. The first-order valence-corrected chi connectivity index (χ1v) is 12.7. The minimum absolute atomic E-state index is 0.113. The van der Waals surface area contributed by atoms with Crippen LogP contribution in [0.2, 0.25) is 5.02 Å². The number of hydrogen-bond donors (Lipinski definition) is 1. The monoisotopic (exact) mass is 506 g/mol. The number of ether oxygens (including phenoxy) is 3. The summed E-state index contributed by atoms with van der Waals surface area (Å²) in [4.78, 5) is 15.9. The van der Waals surface area contributed by atoms with Crippen LogP contribution < -0.4 is 15.0 Å². The molecular weight excluding hydrogens is 480 g/mol. The Morgan fingerprint density at radius 3 is 2.56 bits per heavy atom. The Morgan fingerprint density at radius 2 is 1.88 bits per heavy atom. The number of nitrogens with one attached hydrogen (secondary N) is 1. The maximum absolute atomic E-state index is 13.7. The predicted octanol–water partition coefficient (Wildman–Crippen LogP) is 3.88. The van der Waals surface area contributed by atoms with E-state index < -0.39 is 10.0 Å². The molecule has 0 spiro atoms. The maximum atomic E-state index is 13.7. The van der Waals surface area contributed by atoms with Gasteiger partial charge in [-0.15, -0.1) is 0 Å². The van der Waals surface area contributed by atoms with E-state index in [4.69, 9.17) is 25.8 Å². The zero-order chi connectivity index (χ0) is 24.5. The standard InChI is InChI=1S/C24H27ClN2O6S/c1-15-6-7-18(25)11-23(15)34(29,30)27(14-19-5-4-8-33-19)13-17-9-16-10-21(31-2)22(32-3)12-20(16)26-24(17)28/h6-7,9-12,19H,4-5,8,13-14H2,1-3H3,(H,26,28)/t19-/m1/s1. The van der Waals surface area contributed by atoms with Crippen molar-refractivity contribution in [3.05, 3.63) is 62.9 Å². The van der Waals surface area contributed by atoms with Crippen molar-refractivity contribution >= 4 is 32.5 Å². The third-order valence-electron chi connectivity index (χ3n) is 5.97. The molecule has 0 unspecified atom stereocenters. The molecular formula is C24H27ClN2O6S. The van der Waals surface area contributed by atoms with E-state index in [9.17, 15) is 13.2 Å². The fourth-order valence-electron chi connectivity index (χ4n) is 4.14. The molecule has 1 aliphatic rings. The second kappa shape index (κ2) is 9.95. The highest BCUT2D eigenvalue weighted by Crippen LogP contribution is 2.32. The first-order valence-electron chi connectivity index (χ1n) is 10.9. The summed E-state index contributed by atoms with van der Waals surface area (Å²) in [6.07, 6.45) is 1.39. The average molecular weight is 507 g/mol. The zero-order valence-electron chi connectivity index (χ0n) is 19.3. The second-order valence-corrected chi connectivity index (χ2v) is 10.6. The summed E-state index contributed by atoms with van der Waals surface area (Å²) >= 11 is 6.12. The molecule has 0 amide bonds. The van der Waals surface area contributed by atoms with E-state index >= 15 is 0 Å². The molecule has 2 aromatic carbocycles. The van der Waals surface area contributed by atoms with Crippen molar-refractivity contribution < 1.29 is 22.6 Å². The van der Waals surface area contributed by atoms with E-state index in [2.05, 4.69) is 4.98 Å². The molecule has 8 nitrogen and oxygen atoms in total. The first-order chi connectivity index (χ1) is 16.2. The van der Waals surface area contributed by atoms with Gasteiger partial charge in [-0.05, 0) is 49.6 Å². The van der Waals surface area contributed by atoms with Gasteiger partial charge in [-0.2, -0.15) is 4.31 Å². The van der Waals surface area contributed by atoms with Crippen molar-refractivity contribution in [2.45, 2.75) is 37.3 Å². The van der Waals surface area contributed by atoms with Gasteiger partial charge in [-0.1, -0.05) is 17.7 Å². The molecule has 0 bridgehead atoms. The van der Waals surface area contributed by atoms with Crippen LogP contribution in [0.15, 0.2) is 46.1 Å². The highest BCUT2D eigenvalue weighted by atomic mass is 35.5. The van der Waals surface area contributed by atoms with E-state index in [1.165, 1.54) is 24.6 Å². The lowest BCUT2D eigenvalue weighted by Gasteiger charge is -2.25. The van der Waals surface area contributed by atoms with Crippen LogP contribution in [-0.4, -0.2) is 51.2 Å². The van der Waals surface area contributed by atoms with Crippen LogP contribution in [0.1, 0.15) is 24.0 Å². The molecule has 1 N–H and O–H groups in total. The van der Waals surface area contributed by atoms with E-state index in [-0.39, 0.29) is 29.6 Å². The van der Waals surface area contributed by atoms with Gasteiger partial charge in [0, 0.05) is 41.7 Å². The molecule has 3 aromatic rings. The largest absolute Gasteiger partial charge is 0.493 e. The summed E-state index contributed by atoms with van der Waals surface area (Å²) in [5.74, 6) is 0.990. The molecule has 1 atom stereocenters. The van der Waals surface area contributed by atoms with Crippen LogP contribution in [0.5, 0.6) is 11.5 Å². The van der Waals surface area contributed by atoms with Gasteiger partial charge >= 0.3 is 0 Å². The molecule has 182 valence electrons. The Morgan fingerprint density at radius 1 is 1.15 bits per heavy atom. The van der Waals surface area contributed by atoms with Crippen LogP contribution in [0.25, 0.3) is 10.9 Å². The SMILES string of the molecule is COc1cc2cc(CN(C[C@H]3CCCO3)S(=O)(=O)c3cc(Cl)ccc3C)c(=O)[nH]c2cc1OC. The van der Waals surface area contributed by atoms with Crippen LogP contribution >= 0.6 is 11.6 Å². The Kier molecular flexibility index (Phi) is 7.18. The number of methoxy groups -OCH3 is 2. The van der Waals surface area contributed by atoms with Gasteiger partial charge in [0.25, 0.3) is 5.56 Å². The van der Waals surface area contributed by atoms with E-state index in [0.717, 1.165) is 12.8 Å². The maximum Gasteiger partial charge on any atom is 0.252 e. The number of H-pyrrole nitrogens is 1. The molecule has 0 radical (unpaired) electrons. The van der Waals surface area contributed by atoms with Gasteiger partial charge in [-0.3, -0.25) is 4.79 Å². The quantitative estimate of drug-likeness (QED) is 0.498. The smallest absolute Gasteiger partial charge is 0.252 e. The molecule has 4 rings (SSSR count). The summed E-state index contributed by atoms with van der Waals surface area (Å²) in [6, 6.07) is 9.86. The molecule has 1 aromatic heterocycles.